The molecule has 0 aliphatic heterocycles. The average Bonchev–Trinajstić information content (AvgIpc) is 1.86. The van der Waals surface area contributed by atoms with Gasteiger partial charge in [-0.15, -0.1) is 11.6 Å². The van der Waals surface area contributed by atoms with Gasteiger partial charge in [0, 0.05) is 0 Å². The average molecular weight is 173 g/mol. The predicted molar refractivity (Wildman–Crippen MR) is 51.0 cm³/mol. The Kier molecular flexibility index (Phi) is 2.64. The third-order valence-electron chi connectivity index (χ3n) is 2.50. The van der Waals surface area contributed by atoms with Crippen LogP contribution < -0.4 is 0 Å². The van der Waals surface area contributed by atoms with Crippen LogP contribution in [0.15, 0.2) is 12.2 Å². The Morgan fingerprint density at radius 1 is 1.36 bits per heavy atom. The van der Waals surface area contributed by atoms with Crippen LogP contribution in [-0.2, 0) is 0 Å². The van der Waals surface area contributed by atoms with Gasteiger partial charge in [-0.05, 0) is 24.2 Å². The molecule has 0 saturated heterocycles. The first-order chi connectivity index (χ1) is 5.00. The molecule has 0 aromatic carbocycles. The van der Waals surface area contributed by atoms with E-state index < -0.39 is 0 Å². The molecule has 11 heavy (non-hydrogen) atoms. The summed E-state index contributed by atoms with van der Waals surface area (Å²) in [6.45, 7) is 6.88. The topological polar surface area (TPSA) is 0 Å². The zero-order valence-electron chi connectivity index (χ0n) is 7.60. The molecule has 0 aromatic heterocycles. The summed E-state index contributed by atoms with van der Waals surface area (Å²) in [5.41, 5.74) is 0.415. The van der Waals surface area contributed by atoms with Crippen molar-refractivity contribution in [3.63, 3.8) is 0 Å². The van der Waals surface area contributed by atoms with E-state index in [1.165, 1.54) is 6.42 Å². The SMILES string of the molecule is CC(C)(C)C1CC=CC(Cl)C1. The van der Waals surface area contributed by atoms with Gasteiger partial charge in [-0.25, -0.2) is 0 Å². The fourth-order valence-corrected chi connectivity index (χ4v) is 1.86. The maximum absolute atomic E-state index is 6.03. The van der Waals surface area contributed by atoms with Crippen molar-refractivity contribution in [3.8, 4) is 0 Å². The highest BCUT2D eigenvalue weighted by molar-refractivity contribution is 6.21. The van der Waals surface area contributed by atoms with Crippen LogP contribution in [0, 0.1) is 11.3 Å². The van der Waals surface area contributed by atoms with E-state index in [0.29, 0.717) is 5.41 Å². The van der Waals surface area contributed by atoms with Crippen molar-refractivity contribution < 1.29 is 0 Å². The van der Waals surface area contributed by atoms with Crippen LogP contribution in [0.1, 0.15) is 33.6 Å². The number of hydrogen-bond acceptors (Lipinski definition) is 0. The highest BCUT2D eigenvalue weighted by Crippen LogP contribution is 2.36. The third kappa shape index (κ3) is 2.52. The first-order valence-electron chi connectivity index (χ1n) is 4.31. The van der Waals surface area contributed by atoms with E-state index in [4.69, 9.17) is 11.6 Å². The molecule has 0 spiro atoms. The fraction of sp³-hybridized carbons (Fsp3) is 0.800. The second-order valence-corrected chi connectivity index (χ2v) is 5.04. The Morgan fingerprint density at radius 2 is 2.00 bits per heavy atom. The van der Waals surface area contributed by atoms with Crippen LogP contribution >= 0.6 is 11.6 Å². The van der Waals surface area contributed by atoms with Gasteiger partial charge in [0.2, 0.25) is 0 Å². The highest BCUT2D eigenvalue weighted by Gasteiger charge is 2.27. The monoisotopic (exact) mass is 172 g/mol. The molecule has 2 unspecified atom stereocenters. The summed E-state index contributed by atoms with van der Waals surface area (Å²) in [4.78, 5) is 0. The minimum atomic E-state index is 0.271. The van der Waals surface area contributed by atoms with E-state index in [1.807, 2.05) is 0 Å². The lowest BCUT2D eigenvalue weighted by atomic mass is 9.74. The number of allylic oxidation sites excluding steroid dienone is 2. The summed E-state index contributed by atoms with van der Waals surface area (Å²) in [5, 5.41) is 0.271. The Bertz CT molecular complexity index is 153. The molecule has 0 nitrogen and oxygen atoms in total. The summed E-state index contributed by atoms with van der Waals surface area (Å²) in [6.07, 6.45) is 6.68. The second kappa shape index (κ2) is 3.18. The van der Waals surface area contributed by atoms with Gasteiger partial charge in [-0.2, -0.15) is 0 Å². The molecule has 0 bridgehead atoms. The minimum Gasteiger partial charge on any atom is -0.118 e. The highest BCUT2D eigenvalue weighted by atomic mass is 35.5. The van der Waals surface area contributed by atoms with E-state index >= 15 is 0 Å². The van der Waals surface area contributed by atoms with Gasteiger partial charge in [0.1, 0.15) is 0 Å². The van der Waals surface area contributed by atoms with Crippen molar-refractivity contribution in [2.45, 2.75) is 39.0 Å². The van der Waals surface area contributed by atoms with E-state index in [0.717, 1.165) is 12.3 Å². The molecule has 0 radical (unpaired) electrons. The van der Waals surface area contributed by atoms with Crippen LogP contribution in [0.5, 0.6) is 0 Å². The number of alkyl halides is 1. The first-order valence-corrected chi connectivity index (χ1v) is 4.74. The van der Waals surface area contributed by atoms with Crippen LogP contribution in [-0.4, -0.2) is 5.38 Å². The number of halogens is 1. The Morgan fingerprint density at radius 3 is 2.36 bits per heavy atom. The first kappa shape index (κ1) is 9.12. The van der Waals surface area contributed by atoms with Crippen molar-refractivity contribution in [3.05, 3.63) is 12.2 Å². The van der Waals surface area contributed by atoms with E-state index in [9.17, 15) is 0 Å². The molecule has 2 atom stereocenters. The van der Waals surface area contributed by atoms with Gasteiger partial charge in [-0.1, -0.05) is 32.9 Å². The molecule has 1 aliphatic rings. The quantitative estimate of drug-likeness (QED) is 0.387. The lowest BCUT2D eigenvalue weighted by molar-refractivity contribution is 0.224. The van der Waals surface area contributed by atoms with Crippen molar-refractivity contribution in [1.29, 1.82) is 0 Å². The molecule has 0 fully saturated rings. The standard InChI is InChI=1S/C10H17Cl/c1-10(2,3)8-5-4-6-9(11)7-8/h4,6,8-9H,5,7H2,1-3H3. The third-order valence-corrected chi connectivity index (χ3v) is 2.82. The molecule has 0 amide bonds. The van der Waals surface area contributed by atoms with Crippen molar-refractivity contribution in [2.24, 2.45) is 11.3 Å². The molecular formula is C10H17Cl. The molecule has 0 heterocycles. The lowest BCUT2D eigenvalue weighted by Gasteiger charge is -2.33. The van der Waals surface area contributed by atoms with Gasteiger partial charge in [0.25, 0.3) is 0 Å². The number of hydrogen-bond donors (Lipinski definition) is 0. The molecule has 0 aromatic rings. The van der Waals surface area contributed by atoms with Crippen molar-refractivity contribution in [1.82, 2.24) is 0 Å². The van der Waals surface area contributed by atoms with Crippen molar-refractivity contribution >= 4 is 11.6 Å². The molecule has 0 N–H and O–H groups in total. The zero-order chi connectivity index (χ0) is 8.48. The molecule has 1 rings (SSSR count). The van der Waals surface area contributed by atoms with E-state index in [2.05, 4.69) is 32.9 Å². The van der Waals surface area contributed by atoms with Gasteiger partial charge in [-0.3, -0.25) is 0 Å². The Balaban J connectivity index is 2.57. The maximum Gasteiger partial charge on any atom is 0.0518 e. The van der Waals surface area contributed by atoms with Crippen molar-refractivity contribution in [2.75, 3.05) is 0 Å². The smallest absolute Gasteiger partial charge is 0.0518 e. The molecule has 64 valence electrons. The summed E-state index contributed by atoms with van der Waals surface area (Å²) in [6, 6.07) is 0. The van der Waals surface area contributed by atoms with E-state index in [-0.39, 0.29) is 5.38 Å². The number of rotatable bonds is 0. The normalized spacial score (nSPS) is 32.4. The Hall–Kier alpha value is 0.0300. The Labute approximate surface area is 74.6 Å². The lowest BCUT2D eigenvalue weighted by Crippen LogP contribution is -2.24. The summed E-state index contributed by atoms with van der Waals surface area (Å²) in [5.74, 6) is 0.759. The van der Waals surface area contributed by atoms with Gasteiger partial charge in [0.05, 0.1) is 5.38 Å². The molecular weight excluding hydrogens is 156 g/mol. The molecule has 0 saturated carbocycles. The van der Waals surface area contributed by atoms with Gasteiger partial charge in [0.15, 0.2) is 0 Å². The summed E-state index contributed by atoms with van der Waals surface area (Å²) >= 11 is 6.03. The largest absolute Gasteiger partial charge is 0.118 e. The van der Waals surface area contributed by atoms with Crippen LogP contribution in [0.25, 0.3) is 0 Å². The summed E-state index contributed by atoms with van der Waals surface area (Å²) < 4.78 is 0. The second-order valence-electron chi connectivity index (χ2n) is 4.48. The zero-order valence-corrected chi connectivity index (χ0v) is 8.36. The predicted octanol–water partition coefficient (Wildman–Crippen LogP) is 3.61. The van der Waals surface area contributed by atoms with E-state index in [1.54, 1.807) is 0 Å². The van der Waals surface area contributed by atoms with Crippen LogP contribution in [0.4, 0.5) is 0 Å². The molecule has 1 heteroatoms. The van der Waals surface area contributed by atoms with Crippen LogP contribution in [0.3, 0.4) is 0 Å². The van der Waals surface area contributed by atoms with Gasteiger partial charge >= 0.3 is 0 Å². The fourth-order valence-electron chi connectivity index (χ4n) is 1.54. The minimum absolute atomic E-state index is 0.271. The maximum atomic E-state index is 6.03. The molecule has 1 aliphatic carbocycles. The summed E-state index contributed by atoms with van der Waals surface area (Å²) in [7, 11) is 0. The van der Waals surface area contributed by atoms with Gasteiger partial charge < -0.3 is 0 Å². The van der Waals surface area contributed by atoms with Crippen LogP contribution in [0.2, 0.25) is 0 Å².